The predicted molar refractivity (Wildman–Crippen MR) is 65.0 cm³/mol. The normalized spacial score (nSPS) is 18.7. The molecule has 3 N–H and O–H groups in total. The van der Waals surface area contributed by atoms with E-state index in [1.165, 1.54) is 6.07 Å². The van der Waals surface area contributed by atoms with Crippen molar-refractivity contribution in [2.75, 3.05) is 5.32 Å². The molecule has 1 aromatic carbocycles. The van der Waals surface area contributed by atoms with E-state index in [1.54, 1.807) is 18.2 Å². The Bertz CT molecular complexity index is 414. The Morgan fingerprint density at radius 2 is 1.88 bits per heavy atom. The first kappa shape index (κ1) is 12.0. The van der Waals surface area contributed by atoms with E-state index in [9.17, 15) is 9.18 Å². The first-order valence-electron chi connectivity index (χ1n) is 5.97. The molecule has 17 heavy (non-hydrogen) atoms. The van der Waals surface area contributed by atoms with Crippen molar-refractivity contribution >= 4 is 11.6 Å². The fourth-order valence-corrected chi connectivity index (χ4v) is 2.22. The van der Waals surface area contributed by atoms with Gasteiger partial charge < -0.3 is 11.1 Å². The van der Waals surface area contributed by atoms with Crippen LogP contribution in [0.4, 0.5) is 10.1 Å². The van der Waals surface area contributed by atoms with Crippen LogP contribution in [0.5, 0.6) is 0 Å². The molecule has 1 aliphatic carbocycles. The van der Waals surface area contributed by atoms with Crippen LogP contribution in [0.3, 0.4) is 0 Å². The van der Waals surface area contributed by atoms with Crippen LogP contribution in [0.1, 0.15) is 32.1 Å². The van der Waals surface area contributed by atoms with E-state index >= 15 is 0 Å². The minimum Gasteiger partial charge on any atom is -0.322 e. The molecule has 0 bridgehead atoms. The average molecular weight is 236 g/mol. The summed E-state index contributed by atoms with van der Waals surface area (Å²) >= 11 is 0. The fraction of sp³-hybridized carbons (Fsp3) is 0.462. The Balaban J connectivity index is 2.08. The van der Waals surface area contributed by atoms with Crippen molar-refractivity contribution in [3.63, 3.8) is 0 Å². The third-order valence-electron chi connectivity index (χ3n) is 3.32. The van der Waals surface area contributed by atoms with Crippen molar-refractivity contribution in [1.82, 2.24) is 0 Å². The minimum atomic E-state index is -0.833. The Kier molecular flexibility index (Phi) is 3.43. The highest BCUT2D eigenvalue weighted by atomic mass is 19.1. The molecule has 92 valence electrons. The first-order valence-corrected chi connectivity index (χ1v) is 5.97. The quantitative estimate of drug-likeness (QED) is 0.828. The number of carbonyl (C=O) groups excluding carboxylic acids is 1. The minimum absolute atomic E-state index is 0.202. The average Bonchev–Trinajstić information content (AvgIpc) is 2.33. The lowest BCUT2D eigenvalue weighted by Crippen LogP contribution is -2.52. The van der Waals surface area contributed by atoms with Crippen LogP contribution in [0.25, 0.3) is 0 Å². The largest absolute Gasteiger partial charge is 0.322 e. The van der Waals surface area contributed by atoms with Gasteiger partial charge in [0.2, 0.25) is 5.91 Å². The van der Waals surface area contributed by atoms with Gasteiger partial charge in [-0.05, 0) is 25.0 Å². The van der Waals surface area contributed by atoms with Gasteiger partial charge in [-0.1, -0.05) is 31.4 Å². The van der Waals surface area contributed by atoms with Crippen molar-refractivity contribution in [2.45, 2.75) is 37.6 Å². The van der Waals surface area contributed by atoms with Gasteiger partial charge in [-0.15, -0.1) is 0 Å². The van der Waals surface area contributed by atoms with Crippen molar-refractivity contribution < 1.29 is 9.18 Å². The fourth-order valence-electron chi connectivity index (χ4n) is 2.22. The van der Waals surface area contributed by atoms with Gasteiger partial charge in [0.25, 0.3) is 0 Å². The monoisotopic (exact) mass is 236 g/mol. The Hall–Kier alpha value is -1.42. The highest BCUT2D eigenvalue weighted by molar-refractivity contribution is 5.98. The topological polar surface area (TPSA) is 55.1 Å². The Morgan fingerprint density at radius 3 is 2.53 bits per heavy atom. The number of rotatable bonds is 2. The molecule has 1 amide bonds. The zero-order valence-corrected chi connectivity index (χ0v) is 9.71. The molecule has 0 aliphatic heterocycles. The molecular weight excluding hydrogens is 219 g/mol. The van der Waals surface area contributed by atoms with E-state index in [2.05, 4.69) is 5.32 Å². The summed E-state index contributed by atoms with van der Waals surface area (Å²) in [6, 6.07) is 6.13. The van der Waals surface area contributed by atoms with Gasteiger partial charge in [0.1, 0.15) is 5.82 Å². The van der Waals surface area contributed by atoms with E-state index in [1.807, 2.05) is 0 Å². The number of carbonyl (C=O) groups is 1. The van der Waals surface area contributed by atoms with Crippen LogP contribution >= 0.6 is 0 Å². The number of para-hydroxylation sites is 1. The molecule has 1 fully saturated rings. The molecular formula is C13H17FN2O. The highest BCUT2D eigenvalue weighted by Gasteiger charge is 2.35. The number of amides is 1. The molecule has 0 unspecified atom stereocenters. The molecule has 3 nitrogen and oxygen atoms in total. The van der Waals surface area contributed by atoms with Gasteiger partial charge in [-0.25, -0.2) is 4.39 Å². The maximum absolute atomic E-state index is 13.4. The summed E-state index contributed by atoms with van der Waals surface area (Å²) in [5, 5.41) is 2.58. The number of benzene rings is 1. The summed E-state index contributed by atoms with van der Waals surface area (Å²) in [6.45, 7) is 0. The molecule has 0 saturated heterocycles. The lowest BCUT2D eigenvalue weighted by atomic mass is 9.82. The summed E-state index contributed by atoms with van der Waals surface area (Å²) in [6.07, 6.45) is 4.38. The van der Waals surface area contributed by atoms with Crippen LogP contribution < -0.4 is 11.1 Å². The Labute approximate surface area is 100 Å². The van der Waals surface area contributed by atoms with Gasteiger partial charge in [0, 0.05) is 0 Å². The number of anilines is 1. The van der Waals surface area contributed by atoms with Crippen LogP contribution in [0, 0.1) is 5.82 Å². The first-order chi connectivity index (χ1) is 8.12. The smallest absolute Gasteiger partial charge is 0.244 e. The molecule has 0 aromatic heterocycles. The van der Waals surface area contributed by atoms with Crippen LogP contribution in [0.15, 0.2) is 24.3 Å². The second-order valence-electron chi connectivity index (χ2n) is 4.65. The number of nitrogens with one attached hydrogen (secondary N) is 1. The van der Waals surface area contributed by atoms with Crippen molar-refractivity contribution in [3.05, 3.63) is 30.1 Å². The summed E-state index contributed by atoms with van der Waals surface area (Å²) < 4.78 is 13.4. The molecule has 0 atom stereocenters. The van der Waals surface area contributed by atoms with Gasteiger partial charge >= 0.3 is 0 Å². The van der Waals surface area contributed by atoms with E-state index in [4.69, 9.17) is 5.73 Å². The van der Waals surface area contributed by atoms with Gasteiger partial charge in [-0.2, -0.15) is 0 Å². The molecule has 0 heterocycles. The molecule has 2 rings (SSSR count). The van der Waals surface area contributed by atoms with Crippen molar-refractivity contribution in [1.29, 1.82) is 0 Å². The van der Waals surface area contributed by atoms with Gasteiger partial charge in [0.05, 0.1) is 11.2 Å². The third kappa shape index (κ3) is 2.64. The highest BCUT2D eigenvalue weighted by Crippen LogP contribution is 2.27. The predicted octanol–water partition coefficient (Wildman–Crippen LogP) is 2.43. The molecule has 0 spiro atoms. The van der Waals surface area contributed by atoms with Gasteiger partial charge in [0.15, 0.2) is 0 Å². The van der Waals surface area contributed by atoms with E-state index < -0.39 is 11.4 Å². The summed E-state index contributed by atoms with van der Waals surface area (Å²) in [5.74, 6) is -0.706. The molecule has 4 heteroatoms. The molecule has 1 aromatic rings. The lowest BCUT2D eigenvalue weighted by molar-refractivity contribution is -0.122. The third-order valence-corrected chi connectivity index (χ3v) is 3.32. The van der Waals surface area contributed by atoms with E-state index in [-0.39, 0.29) is 11.6 Å². The zero-order valence-electron chi connectivity index (χ0n) is 9.71. The standard InChI is InChI=1S/C13H17FN2O/c14-10-6-2-3-7-11(10)16-12(17)13(15)8-4-1-5-9-13/h2-3,6-7H,1,4-5,8-9,15H2,(H,16,17). The van der Waals surface area contributed by atoms with E-state index in [0.717, 1.165) is 19.3 Å². The van der Waals surface area contributed by atoms with Crippen LogP contribution in [-0.4, -0.2) is 11.4 Å². The molecule has 0 radical (unpaired) electrons. The zero-order chi connectivity index (χ0) is 12.3. The lowest BCUT2D eigenvalue weighted by Gasteiger charge is -2.31. The second kappa shape index (κ2) is 4.84. The van der Waals surface area contributed by atoms with Crippen molar-refractivity contribution in [2.24, 2.45) is 5.73 Å². The maximum atomic E-state index is 13.4. The number of nitrogens with two attached hydrogens (primary N) is 1. The molecule has 1 saturated carbocycles. The summed E-state index contributed by atoms with van der Waals surface area (Å²) in [7, 11) is 0. The number of hydrogen-bond acceptors (Lipinski definition) is 2. The van der Waals surface area contributed by atoms with Crippen LogP contribution in [0.2, 0.25) is 0 Å². The van der Waals surface area contributed by atoms with Crippen LogP contribution in [-0.2, 0) is 4.79 Å². The Morgan fingerprint density at radius 1 is 1.24 bits per heavy atom. The SMILES string of the molecule is NC1(C(=O)Nc2ccccc2F)CCCCC1. The van der Waals surface area contributed by atoms with Crippen molar-refractivity contribution in [3.8, 4) is 0 Å². The number of halogens is 1. The maximum Gasteiger partial charge on any atom is 0.244 e. The molecule has 1 aliphatic rings. The number of hydrogen-bond donors (Lipinski definition) is 2. The second-order valence-corrected chi connectivity index (χ2v) is 4.65. The summed E-state index contributed by atoms with van der Waals surface area (Å²) in [5.41, 5.74) is 5.43. The van der Waals surface area contributed by atoms with Gasteiger partial charge in [-0.3, -0.25) is 4.79 Å². The summed E-state index contributed by atoms with van der Waals surface area (Å²) in [4.78, 5) is 12.0. The van der Waals surface area contributed by atoms with E-state index in [0.29, 0.717) is 12.8 Å².